The van der Waals surface area contributed by atoms with Crippen molar-refractivity contribution in [2.75, 3.05) is 12.4 Å². The maximum Gasteiger partial charge on any atom is 0.250 e. The second-order valence-electron chi connectivity index (χ2n) is 5.90. The summed E-state index contributed by atoms with van der Waals surface area (Å²) in [7, 11) is 1.61. The number of hydrogen-bond acceptors (Lipinski definition) is 4. The van der Waals surface area contributed by atoms with E-state index in [0.29, 0.717) is 5.13 Å². The summed E-state index contributed by atoms with van der Waals surface area (Å²) in [4.78, 5) is 16.7. The molecule has 0 atom stereocenters. The van der Waals surface area contributed by atoms with Crippen LogP contribution in [0.4, 0.5) is 5.13 Å². The Bertz CT molecular complexity index is 960. The highest BCUT2D eigenvalue weighted by molar-refractivity contribution is 7.14. The average Bonchev–Trinajstić information content (AvgIpc) is 3.11. The van der Waals surface area contributed by atoms with Crippen molar-refractivity contribution in [2.24, 2.45) is 0 Å². The molecule has 3 rings (SSSR count). The van der Waals surface area contributed by atoms with Gasteiger partial charge in [-0.15, -0.1) is 11.3 Å². The molecule has 1 amide bonds. The van der Waals surface area contributed by atoms with Gasteiger partial charge >= 0.3 is 0 Å². The summed E-state index contributed by atoms with van der Waals surface area (Å²) in [6, 6.07) is 13.8. The van der Waals surface area contributed by atoms with Crippen molar-refractivity contribution in [3.63, 3.8) is 0 Å². The number of aryl methyl sites for hydroxylation is 2. The van der Waals surface area contributed by atoms with Crippen molar-refractivity contribution in [1.29, 1.82) is 0 Å². The quantitative estimate of drug-likeness (QED) is 0.642. The number of ether oxygens (including phenoxy) is 1. The van der Waals surface area contributed by atoms with E-state index in [1.807, 2.05) is 35.7 Å². The summed E-state index contributed by atoms with van der Waals surface area (Å²) in [5.41, 5.74) is 5.23. The van der Waals surface area contributed by atoms with Crippen LogP contribution in [0.25, 0.3) is 17.3 Å². The van der Waals surface area contributed by atoms with Gasteiger partial charge in [0.25, 0.3) is 0 Å². The first-order chi connectivity index (χ1) is 12.6. The topological polar surface area (TPSA) is 51.2 Å². The van der Waals surface area contributed by atoms with Gasteiger partial charge in [0.15, 0.2) is 5.13 Å². The van der Waals surface area contributed by atoms with Crippen LogP contribution in [0.5, 0.6) is 5.75 Å². The number of rotatable bonds is 5. The lowest BCUT2D eigenvalue weighted by Gasteiger charge is -2.03. The molecule has 2 aromatic carbocycles. The number of carbonyl (C=O) groups is 1. The Labute approximate surface area is 157 Å². The molecule has 0 fully saturated rings. The number of anilines is 1. The van der Waals surface area contributed by atoms with Gasteiger partial charge in [-0.2, -0.15) is 0 Å². The molecule has 0 aliphatic rings. The van der Waals surface area contributed by atoms with Gasteiger partial charge in [0.05, 0.1) is 12.8 Å². The zero-order chi connectivity index (χ0) is 18.5. The van der Waals surface area contributed by atoms with Gasteiger partial charge in [-0.1, -0.05) is 30.3 Å². The molecule has 0 aliphatic carbocycles. The Hall–Kier alpha value is -2.92. The van der Waals surface area contributed by atoms with Crippen LogP contribution in [-0.2, 0) is 4.79 Å². The summed E-state index contributed by atoms with van der Waals surface area (Å²) in [5.74, 6) is 0.500. The maximum absolute atomic E-state index is 12.2. The molecule has 1 N–H and O–H groups in total. The molecule has 26 heavy (non-hydrogen) atoms. The highest BCUT2D eigenvalue weighted by atomic mass is 32.1. The van der Waals surface area contributed by atoms with E-state index >= 15 is 0 Å². The molecule has 0 unspecified atom stereocenters. The van der Waals surface area contributed by atoms with E-state index in [1.165, 1.54) is 28.5 Å². The number of amides is 1. The summed E-state index contributed by atoms with van der Waals surface area (Å²) in [5, 5.41) is 5.33. The average molecular weight is 364 g/mol. The smallest absolute Gasteiger partial charge is 0.250 e. The first-order valence-corrected chi connectivity index (χ1v) is 9.10. The minimum absolute atomic E-state index is 0.225. The zero-order valence-corrected chi connectivity index (χ0v) is 15.8. The largest absolute Gasteiger partial charge is 0.496 e. The van der Waals surface area contributed by atoms with Crippen LogP contribution in [-0.4, -0.2) is 18.0 Å². The van der Waals surface area contributed by atoms with Crippen LogP contribution in [0.2, 0.25) is 0 Å². The van der Waals surface area contributed by atoms with Crippen LogP contribution in [0.1, 0.15) is 16.7 Å². The Balaban J connectivity index is 1.69. The molecular weight excluding hydrogens is 344 g/mol. The van der Waals surface area contributed by atoms with Crippen LogP contribution in [0, 0.1) is 13.8 Å². The number of para-hydroxylation sites is 1. The molecule has 4 nitrogen and oxygen atoms in total. The number of aromatic nitrogens is 1. The third kappa shape index (κ3) is 4.18. The van der Waals surface area contributed by atoms with Gasteiger partial charge in [-0.3, -0.25) is 10.1 Å². The Morgan fingerprint density at radius 1 is 1.15 bits per heavy atom. The second kappa shape index (κ2) is 7.97. The standard InChI is InChI=1S/C21H20N2O2S/c1-14-8-9-17(12-15(14)2)18-13-26-21(22-18)23-20(24)11-10-16-6-4-5-7-19(16)25-3/h4-13H,1-3H3,(H,22,23,24). The normalized spacial score (nSPS) is 10.9. The molecule has 132 valence electrons. The van der Waals surface area contributed by atoms with E-state index in [1.54, 1.807) is 13.2 Å². The first-order valence-electron chi connectivity index (χ1n) is 8.22. The molecule has 0 spiro atoms. The fourth-order valence-corrected chi connectivity index (χ4v) is 3.20. The number of nitrogens with one attached hydrogen (secondary N) is 1. The molecule has 0 aliphatic heterocycles. The van der Waals surface area contributed by atoms with E-state index in [-0.39, 0.29) is 5.91 Å². The molecular formula is C21H20N2O2S. The molecule has 5 heteroatoms. The highest BCUT2D eigenvalue weighted by Crippen LogP contribution is 2.26. The van der Waals surface area contributed by atoms with E-state index in [4.69, 9.17) is 4.74 Å². The molecule has 1 aromatic heterocycles. The first kappa shape index (κ1) is 17.9. The number of methoxy groups -OCH3 is 1. The Morgan fingerprint density at radius 3 is 2.73 bits per heavy atom. The molecule has 3 aromatic rings. The summed E-state index contributed by atoms with van der Waals surface area (Å²) in [6.45, 7) is 4.16. The number of hydrogen-bond donors (Lipinski definition) is 1. The Kier molecular flexibility index (Phi) is 5.49. The number of benzene rings is 2. The lowest BCUT2D eigenvalue weighted by Crippen LogP contribution is -2.07. The van der Waals surface area contributed by atoms with Gasteiger partial charge < -0.3 is 4.74 Å². The van der Waals surface area contributed by atoms with Crippen LogP contribution in [0.3, 0.4) is 0 Å². The predicted molar refractivity (Wildman–Crippen MR) is 108 cm³/mol. The third-order valence-electron chi connectivity index (χ3n) is 4.09. The molecule has 0 bridgehead atoms. The monoisotopic (exact) mass is 364 g/mol. The minimum atomic E-state index is -0.225. The lowest BCUT2D eigenvalue weighted by atomic mass is 10.1. The van der Waals surface area contributed by atoms with Crippen molar-refractivity contribution in [3.8, 4) is 17.0 Å². The summed E-state index contributed by atoms with van der Waals surface area (Å²) in [6.07, 6.45) is 3.21. The summed E-state index contributed by atoms with van der Waals surface area (Å²) >= 11 is 1.41. The Morgan fingerprint density at radius 2 is 1.96 bits per heavy atom. The van der Waals surface area contributed by atoms with Crippen molar-refractivity contribution >= 4 is 28.5 Å². The second-order valence-corrected chi connectivity index (χ2v) is 6.76. The summed E-state index contributed by atoms with van der Waals surface area (Å²) < 4.78 is 5.27. The van der Waals surface area contributed by atoms with E-state index in [2.05, 4.69) is 36.3 Å². The number of thiazole rings is 1. The van der Waals surface area contributed by atoms with E-state index in [0.717, 1.165) is 22.6 Å². The highest BCUT2D eigenvalue weighted by Gasteiger charge is 2.07. The van der Waals surface area contributed by atoms with Crippen LogP contribution < -0.4 is 10.1 Å². The molecule has 0 radical (unpaired) electrons. The van der Waals surface area contributed by atoms with Crippen LogP contribution in [0.15, 0.2) is 53.9 Å². The van der Waals surface area contributed by atoms with E-state index < -0.39 is 0 Å². The van der Waals surface area contributed by atoms with Gasteiger partial charge in [0, 0.05) is 22.6 Å². The van der Waals surface area contributed by atoms with Gasteiger partial charge in [-0.25, -0.2) is 4.98 Å². The van der Waals surface area contributed by atoms with Crippen molar-refractivity contribution in [2.45, 2.75) is 13.8 Å². The fourth-order valence-electron chi connectivity index (χ4n) is 2.48. The van der Waals surface area contributed by atoms with E-state index in [9.17, 15) is 4.79 Å². The van der Waals surface area contributed by atoms with Crippen molar-refractivity contribution < 1.29 is 9.53 Å². The predicted octanol–water partition coefficient (Wildman–Crippen LogP) is 5.09. The van der Waals surface area contributed by atoms with Crippen LogP contribution >= 0.6 is 11.3 Å². The molecule has 1 heterocycles. The molecule has 0 saturated heterocycles. The van der Waals surface area contributed by atoms with Crippen molar-refractivity contribution in [3.05, 3.63) is 70.6 Å². The van der Waals surface area contributed by atoms with Crippen molar-refractivity contribution in [1.82, 2.24) is 4.98 Å². The fraction of sp³-hybridized carbons (Fsp3) is 0.143. The lowest BCUT2D eigenvalue weighted by molar-refractivity contribution is -0.111. The maximum atomic E-state index is 12.2. The van der Waals surface area contributed by atoms with Gasteiger partial charge in [-0.05, 0) is 43.2 Å². The minimum Gasteiger partial charge on any atom is -0.496 e. The SMILES string of the molecule is COc1ccccc1C=CC(=O)Nc1nc(-c2ccc(C)c(C)c2)cs1. The third-order valence-corrected chi connectivity index (χ3v) is 4.85. The number of nitrogens with zero attached hydrogens (tertiary/aromatic N) is 1. The van der Waals surface area contributed by atoms with Gasteiger partial charge in [0.2, 0.25) is 5.91 Å². The van der Waals surface area contributed by atoms with Gasteiger partial charge in [0.1, 0.15) is 5.75 Å². The molecule has 0 saturated carbocycles. The zero-order valence-electron chi connectivity index (χ0n) is 14.9. The number of carbonyl (C=O) groups excluding carboxylic acids is 1.